The van der Waals surface area contributed by atoms with Crippen molar-refractivity contribution in [3.8, 4) is 5.69 Å². The van der Waals surface area contributed by atoms with E-state index in [4.69, 9.17) is 0 Å². The molecule has 3 aliphatic rings. The number of piperidine rings is 1. The molecule has 1 aromatic heterocycles. The zero-order valence-electron chi connectivity index (χ0n) is 17.9. The Kier molecular flexibility index (Phi) is 5.08. The lowest BCUT2D eigenvalue weighted by molar-refractivity contribution is 0.425. The largest absolute Gasteiger partial charge is 0.305 e. The number of aryl methyl sites for hydroxylation is 1. The second-order valence-corrected chi connectivity index (χ2v) is 10.0. The van der Waals surface area contributed by atoms with Crippen LogP contribution >= 0.6 is 11.9 Å². The fourth-order valence-corrected chi connectivity index (χ4v) is 6.42. The molecule has 0 saturated carbocycles. The Labute approximate surface area is 197 Å². The van der Waals surface area contributed by atoms with Crippen molar-refractivity contribution in [2.45, 2.75) is 31.2 Å². The second kappa shape index (κ2) is 8.12. The predicted molar refractivity (Wildman–Crippen MR) is 129 cm³/mol. The lowest BCUT2D eigenvalue weighted by Crippen LogP contribution is -2.45. The molecule has 33 heavy (non-hydrogen) atoms. The van der Waals surface area contributed by atoms with E-state index in [2.05, 4.69) is 36.9 Å². The monoisotopic (exact) mass is 480 g/mol. The highest BCUT2D eigenvalue weighted by molar-refractivity contribution is 7.97. The Morgan fingerprint density at radius 2 is 2.06 bits per heavy atom. The Morgan fingerprint density at radius 1 is 1.21 bits per heavy atom. The fourth-order valence-electron chi connectivity index (χ4n) is 4.40. The van der Waals surface area contributed by atoms with Crippen molar-refractivity contribution in [1.29, 1.82) is 0 Å². The smallest absolute Gasteiger partial charge is 0.267 e. The van der Waals surface area contributed by atoms with E-state index in [0.717, 1.165) is 47.7 Å². The van der Waals surface area contributed by atoms with Crippen LogP contribution in [0.25, 0.3) is 11.8 Å². The molecule has 1 N–H and O–H groups in total. The van der Waals surface area contributed by atoms with Crippen molar-refractivity contribution in [3.63, 3.8) is 0 Å². The number of benzene rings is 2. The van der Waals surface area contributed by atoms with Gasteiger partial charge in [-0.25, -0.2) is 13.6 Å². The molecule has 3 aromatic rings. The third-order valence-corrected chi connectivity index (χ3v) is 7.93. The zero-order valence-corrected chi connectivity index (χ0v) is 19.5. The van der Waals surface area contributed by atoms with Crippen LogP contribution in [0.5, 0.6) is 0 Å². The maximum atomic E-state index is 13.4. The number of nitrogens with one attached hydrogen (secondary N) is 1. The molecule has 10 heteroatoms. The lowest BCUT2D eigenvalue weighted by atomic mass is 9.98. The summed E-state index contributed by atoms with van der Waals surface area (Å²) in [4.78, 5) is 5.55. The highest BCUT2D eigenvalue weighted by Gasteiger charge is 2.36. The molecule has 0 radical (unpaired) electrons. The van der Waals surface area contributed by atoms with E-state index in [9.17, 15) is 8.60 Å². The SMILES string of the molecule is Cc1cn(-c2ccc(/C=C3\CCCN4C3=NS(=O)N4c3ccc(F)cc3)c3c2SNC3)cn1. The molecule has 7 nitrogen and oxygen atoms in total. The van der Waals surface area contributed by atoms with Gasteiger partial charge in [0.2, 0.25) is 0 Å². The van der Waals surface area contributed by atoms with Gasteiger partial charge in [0.25, 0.3) is 11.2 Å². The van der Waals surface area contributed by atoms with Crippen molar-refractivity contribution < 1.29 is 8.60 Å². The first-order valence-electron chi connectivity index (χ1n) is 10.7. The highest BCUT2D eigenvalue weighted by Crippen LogP contribution is 2.38. The molecule has 2 aromatic carbocycles. The van der Waals surface area contributed by atoms with Crippen molar-refractivity contribution in [3.05, 3.63) is 77.1 Å². The Balaban J connectivity index is 1.36. The third-order valence-electron chi connectivity index (χ3n) is 5.95. The molecule has 6 rings (SSSR count). The van der Waals surface area contributed by atoms with Gasteiger partial charge in [-0.3, -0.25) is 9.73 Å². The summed E-state index contributed by atoms with van der Waals surface area (Å²) in [6.07, 6.45) is 7.82. The van der Waals surface area contributed by atoms with Gasteiger partial charge in [0.05, 0.1) is 28.3 Å². The minimum atomic E-state index is -1.59. The standard InChI is InChI=1S/C23H21FN6OS2/c1-15-13-28(14-25-15)21-9-4-16(20-12-26-32-22(20)21)11-17-3-2-10-29-23(17)27-33(31)30(29)19-7-5-18(24)6-8-19/h4-9,11,13-14,26H,2-3,10,12H2,1H3/b17-11+. The van der Waals surface area contributed by atoms with E-state index in [1.54, 1.807) is 28.5 Å². The summed E-state index contributed by atoms with van der Waals surface area (Å²) in [6, 6.07) is 10.3. The van der Waals surface area contributed by atoms with Crippen molar-refractivity contribution >= 4 is 40.7 Å². The van der Waals surface area contributed by atoms with Crippen LogP contribution in [0.2, 0.25) is 0 Å². The molecule has 1 saturated heterocycles. The predicted octanol–water partition coefficient (Wildman–Crippen LogP) is 4.32. The van der Waals surface area contributed by atoms with E-state index in [0.29, 0.717) is 12.2 Å². The van der Waals surface area contributed by atoms with Crippen LogP contribution in [0, 0.1) is 12.7 Å². The topological polar surface area (TPSA) is 65.8 Å². The highest BCUT2D eigenvalue weighted by atomic mass is 32.2. The summed E-state index contributed by atoms with van der Waals surface area (Å²) in [5, 5.41) is 1.95. The van der Waals surface area contributed by atoms with Gasteiger partial charge in [0.15, 0.2) is 5.84 Å². The Bertz CT molecular complexity index is 1330. The summed E-state index contributed by atoms with van der Waals surface area (Å²) in [7, 11) is 0. The number of halogens is 1. The molecule has 1 atom stereocenters. The van der Waals surface area contributed by atoms with E-state index >= 15 is 0 Å². The van der Waals surface area contributed by atoms with Crippen molar-refractivity contribution in [1.82, 2.24) is 19.3 Å². The number of fused-ring (bicyclic) bond motifs is 2. The number of nitrogens with zero attached hydrogens (tertiary/aromatic N) is 5. The van der Waals surface area contributed by atoms with E-state index < -0.39 is 11.2 Å². The first-order valence-corrected chi connectivity index (χ1v) is 12.6. The molecule has 168 valence electrons. The summed E-state index contributed by atoms with van der Waals surface area (Å²) < 4.78 is 37.8. The number of rotatable bonds is 3. The Hall–Kier alpha value is -2.95. The number of hydrogen-bond donors (Lipinski definition) is 1. The number of aromatic nitrogens is 2. The molecule has 0 amide bonds. The molecule has 1 unspecified atom stereocenters. The number of anilines is 1. The first-order chi connectivity index (χ1) is 16.1. The molecular weight excluding hydrogens is 459 g/mol. The van der Waals surface area contributed by atoms with Gasteiger partial charge in [-0.05, 0) is 84.8 Å². The molecule has 1 fully saturated rings. The van der Waals surface area contributed by atoms with E-state index in [1.807, 2.05) is 24.5 Å². The number of hydrogen-bond acceptors (Lipinski definition) is 5. The quantitative estimate of drug-likeness (QED) is 0.566. The minimum Gasteiger partial charge on any atom is -0.305 e. The third kappa shape index (κ3) is 3.58. The molecule has 0 bridgehead atoms. The number of imidazole rings is 1. The van der Waals surface area contributed by atoms with Crippen LogP contribution in [0.1, 0.15) is 29.7 Å². The second-order valence-electron chi connectivity index (χ2n) is 8.12. The van der Waals surface area contributed by atoms with Crippen molar-refractivity contribution in [2.24, 2.45) is 4.40 Å². The van der Waals surface area contributed by atoms with Gasteiger partial charge in [-0.1, -0.05) is 6.07 Å². The van der Waals surface area contributed by atoms with Crippen LogP contribution in [0.4, 0.5) is 10.1 Å². The maximum absolute atomic E-state index is 13.4. The molecule has 0 aliphatic carbocycles. The van der Waals surface area contributed by atoms with Gasteiger partial charge in [0.1, 0.15) is 5.82 Å². The van der Waals surface area contributed by atoms with Crippen LogP contribution < -0.4 is 9.14 Å². The summed E-state index contributed by atoms with van der Waals surface area (Å²) in [6.45, 7) is 3.47. The Morgan fingerprint density at radius 3 is 2.85 bits per heavy atom. The zero-order chi connectivity index (χ0) is 22.5. The van der Waals surface area contributed by atoms with Gasteiger partial charge < -0.3 is 4.57 Å². The van der Waals surface area contributed by atoms with Crippen molar-refractivity contribution in [2.75, 3.05) is 11.0 Å². The first kappa shape index (κ1) is 20.6. The van der Waals surface area contributed by atoms with Crippen LogP contribution in [0.15, 0.2) is 63.8 Å². The molecule has 3 aliphatic heterocycles. The van der Waals surface area contributed by atoms with Crippen LogP contribution in [0.3, 0.4) is 0 Å². The van der Waals surface area contributed by atoms with E-state index in [-0.39, 0.29) is 5.82 Å². The maximum Gasteiger partial charge on any atom is 0.267 e. The molecular formula is C23H21FN6OS2. The molecule has 4 heterocycles. The van der Waals surface area contributed by atoms with Gasteiger partial charge in [0, 0.05) is 19.3 Å². The van der Waals surface area contributed by atoms with Crippen LogP contribution in [-0.2, 0) is 17.7 Å². The molecule has 0 spiro atoms. The summed E-state index contributed by atoms with van der Waals surface area (Å²) in [5.41, 5.74) is 6.18. The summed E-state index contributed by atoms with van der Waals surface area (Å²) >= 11 is 0.0523. The lowest BCUT2D eigenvalue weighted by Gasteiger charge is -2.33. The minimum absolute atomic E-state index is 0.321. The number of amidine groups is 1. The summed E-state index contributed by atoms with van der Waals surface area (Å²) in [5.74, 6) is 0.407. The van der Waals surface area contributed by atoms with Crippen LogP contribution in [-0.4, -0.2) is 31.1 Å². The number of hydrazine groups is 1. The van der Waals surface area contributed by atoms with E-state index in [1.165, 1.54) is 22.6 Å². The average molecular weight is 481 g/mol. The fraction of sp³-hybridized carbons (Fsp3) is 0.217. The van der Waals surface area contributed by atoms with Gasteiger partial charge >= 0.3 is 0 Å². The normalized spacial score (nSPS) is 20.8. The average Bonchev–Trinajstić information content (AvgIpc) is 3.54. The van der Waals surface area contributed by atoms with Gasteiger partial charge in [-0.15, -0.1) is 4.40 Å². The van der Waals surface area contributed by atoms with Gasteiger partial charge in [-0.2, -0.15) is 4.41 Å².